The van der Waals surface area contributed by atoms with Gasteiger partial charge < -0.3 is 4.90 Å². The zero-order valence-corrected chi connectivity index (χ0v) is 10.4. The smallest absolute Gasteiger partial charge is 0.0409 e. The molecule has 1 fully saturated rings. The molecule has 0 unspecified atom stereocenters. The Morgan fingerprint density at radius 2 is 1.79 bits per heavy atom. The van der Waals surface area contributed by atoms with Crippen LogP contribution in [0.2, 0.25) is 0 Å². The van der Waals surface area contributed by atoms with Crippen molar-refractivity contribution in [2.24, 2.45) is 0 Å². The van der Waals surface area contributed by atoms with Gasteiger partial charge in [-0.15, -0.1) is 0 Å². The molecule has 2 rings (SSSR count). The van der Waals surface area contributed by atoms with Gasteiger partial charge in [-0.05, 0) is 49.9 Å². The molecule has 0 atom stereocenters. The summed E-state index contributed by atoms with van der Waals surface area (Å²) >= 11 is 3.57. The molecule has 0 spiro atoms. The van der Waals surface area contributed by atoms with Gasteiger partial charge in [-0.2, -0.15) is 0 Å². The molecule has 0 bridgehead atoms. The van der Waals surface area contributed by atoms with Gasteiger partial charge >= 0.3 is 0 Å². The van der Waals surface area contributed by atoms with Gasteiger partial charge in [0.05, 0.1) is 0 Å². The third-order valence-electron chi connectivity index (χ3n) is 3.05. The lowest BCUT2D eigenvalue weighted by Gasteiger charge is -2.21. The highest BCUT2D eigenvalue weighted by Crippen LogP contribution is 2.29. The van der Waals surface area contributed by atoms with E-state index in [0.29, 0.717) is 0 Å². The molecular weight excluding hydrogens is 238 g/mol. The van der Waals surface area contributed by atoms with Crippen molar-refractivity contribution in [3.8, 4) is 0 Å². The lowest BCUT2D eigenvalue weighted by atomic mass is 10.1. The second kappa shape index (κ2) is 3.93. The summed E-state index contributed by atoms with van der Waals surface area (Å²) in [6.45, 7) is 6.84. The second-order valence-corrected chi connectivity index (χ2v) is 4.98. The fourth-order valence-corrected chi connectivity index (χ4v) is 2.64. The number of rotatable bonds is 1. The summed E-state index contributed by atoms with van der Waals surface area (Å²) in [7, 11) is 0. The van der Waals surface area contributed by atoms with Crippen LogP contribution in [0, 0.1) is 13.8 Å². The molecule has 1 aliphatic rings. The molecule has 1 heterocycles. The van der Waals surface area contributed by atoms with Crippen molar-refractivity contribution in [2.75, 3.05) is 18.0 Å². The number of hydrogen-bond acceptors (Lipinski definition) is 1. The predicted octanol–water partition coefficient (Wildman–Crippen LogP) is 3.67. The molecule has 0 aromatic heterocycles. The molecule has 1 aliphatic heterocycles. The Morgan fingerprint density at radius 1 is 1.14 bits per heavy atom. The van der Waals surface area contributed by atoms with Crippen LogP contribution in [0.5, 0.6) is 0 Å². The van der Waals surface area contributed by atoms with Gasteiger partial charge in [0.15, 0.2) is 0 Å². The zero-order chi connectivity index (χ0) is 10.1. The van der Waals surface area contributed by atoms with Crippen LogP contribution in [0.1, 0.15) is 24.0 Å². The summed E-state index contributed by atoms with van der Waals surface area (Å²) in [5.41, 5.74) is 4.21. The Balaban J connectivity index is 2.40. The number of aryl methyl sites for hydroxylation is 1. The molecule has 0 radical (unpaired) electrons. The van der Waals surface area contributed by atoms with Crippen LogP contribution in [0.3, 0.4) is 0 Å². The van der Waals surface area contributed by atoms with Crippen molar-refractivity contribution < 1.29 is 0 Å². The van der Waals surface area contributed by atoms with Gasteiger partial charge in [0.2, 0.25) is 0 Å². The van der Waals surface area contributed by atoms with E-state index in [1.165, 1.54) is 47.2 Å². The fraction of sp³-hybridized carbons (Fsp3) is 0.500. The van der Waals surface area contributed by atoms with Crippen molar-refractivity contribution >= 4 is 21.6 Å². The number of anilines is 1. The first-order valence-corrected chi connectivity index (χ1v) is 5.99. The molecule has 0 aliphatic carbocycles. The molecule has 2 heteroatoms. The van der Waals surface area contributed by atoms with Crippen molar-refractivity contribution in [2.45, 2.75) is 26.7 Å². The van der Waals surface area contributed by atoms with Crippen LogP contribution in [-0.2, 0) is 0 Å². The quantitative estimate of drug-likeness (QED) is 0.739. The maximum atomic E-state index is 3.57. The van der Waals surface area contributed by atoms with Crippen LogP contribution in [0.15, 0.2) is 16.6 Å². The number of halogens is 1. The highest BCUT2D eigenvalue weighted by Gasteiger charge is 2.15. The summed E-state index contributed by atoms with van der Waals surface area (Å²) in [6, 6.07) is 4.43. The van der Waals surface area contributed by atoms with Crippen LogP contribution in [0.4, 0.5) is 5.69 Å². The number of hydrogen-bond donors (Lipinski definition) is 0. The van der Waals surface area contributed by atoms with Gasteiger partial charge in [0.1, 0.15) is 0 Å². The van der Waals surface area contributed by atoms with Gasteiger partial charge in [-0.3, -0.25) is 0 Å². The Morgan fingerprint density at radius 3 is 2.43 bits per heavy atom. The van der Waals surface area contributed by atoms with E-state index in [1.807, 2.05) is 0 Å². The van der Waals surface area contributed by atoms with Crippen molar-refractivity contribution in [1.29, 1.82) is 0 Å². The van der Waals surface area contributed by atoms with Gasteiger partial charge in [-0.1, -0.05) is 15.9 Å². The Hall–Kier alpha value is -0.500. The summed E-state index contributed by atoms with van der Waals surface area (Å²) in [5, 5.41) is 0. The number of nitrogens with zero attached hydrogens (tertiary/aromatic N) is 1. The molecule has 0 saturated carbocycles. The SMILES string of the molecule is Cc1cc(Br)cc(N2CCCC2)c1C. The van der Waals surface area contributed by atoms with E-state index in [4.69, 9.17) is 0 Å². The molecule has 1 saturated heterocycles. The topological polar surface area (TPSA) is 3.24 Å². The van der Waals surface area contributed by atoms with Gasteiger partial charge in [0.25, 0.3) is 0 Å². The Kier molecular flexibility index (Phi) is 2.82. The molecule has 0 N–H and O–H groups in total. The normalized spacial score (nSPS) is 16.4. The van der Waals surface area contributed by atoms with E-state index in [2.05, 4.69) is 46.8 Å². The van der Waals surface area contributed by atoms with Crippen LogP contribution < -0.4 is 4.90 Å². The Bertz CT molecular complexity index is 340. The maximum absolute atomic E-state index is 3.57. The van der Waals surface area contributed by atoms with Crippen molar-refractivity contribution in [3.05, 3.63) is 27.7 Å². The van der Waals surface area contributed by atoms with Crippen LogP contribution in [0.25, 0.3) is 0 Å². The fourth-order valence-electron chi connectivity index (χ4n) is 2.08. The van der Waals surface area contributed by atoms with Gasteiger partial charge in [-0.25, -0.2) is 0 Å². The van der Waals surface area contributed by atoms with Crippen molar-refractivity contribution in [1.82, 2.24) is 0 Å². The van der Waals surface area contributed by atoms with E-state index >= 15 is 0 Å². The average molecular weight is 254 g/mol. The van der Waals surface area contributed by atoms with Crippen molar-refractivity contribution in [3.63, 3.8) is 0 Å². The van der Waals surface area contributed by atoms with E-state index in [0.717, 1.165) is 0 Å². The summed E-state index contributed by atoms with van der Waals surface area (Å²) in [6.07, 6.45) is 2.68. The number of benzene rings is 1. The monoisotopic (exact) mass is 253 g/mol. The minimum Gasteiger partial charge on any atom is -0.371 e. The first kappa shape index (κ1) is 10.0. The maximum Gasteiger partial charge on any atom is 0.0409 e. The highest BCUT2D eigenvalue weighted by atomic mass is 79.9. The average Bonchev–Trinajstić information content (AvgIpc) is 2.63. The summed E-state index contributed by atoms with van der Waals surface area (Å²) < 4.78 is 1.20. The minimum absolute atomic E-state index is 1.20. The molecule has 1 aromatic rings. The van der Waals surface area contributed by atoms with E-state index in [1.54, 1.807) is 0 Å². The molecule has 1 aromatic carbocycles. The standard InChI is InChI=1S/C12H16BrN/c1-9-7-11(13)8-12(10(9)2)14-5-3-4-6-14/h7-8H,3-6H2,1-2H3. The second-order valence-electron chi connectivity index (χ2n) is 4.06. The summed E-state index contributed by atoms with van der Waals surface area (Å²) in [5.74, 6) is 0. The van der Waals surface area contributed by atoms with E-state index in [9.17, 15) is 0 Å². The molecule has 0 amide bonds. The molecule has 76 valence electrons. The molecular formula is C12H16BrN. The highest BCUT2D eigenvalue weighted by molar-refractivity contribution is 9.10. The summed E-state index contributed by atoms with van der Waals surface area (Å²) in [4.78, 5) is 2.49. The largest absolute Gasteiger partial charge is 0.371 e. The van der Waals surface area contributed by atoms with Gasteiger partial charge in [0, 0.05) is 23.2 Å². The lowest BCUT2D eigenvalue weighted by molar-refractivity contribution is 0.949. The first-order chi connectivity index (χ1) is 6.68. The zero-order valence-electron chi connectivity index (χ0n) is 8.81. The first-order valence-electron chi connectivity index (χ1n) is 5.20. The third-order valence-corrected chi connectivity index (χ3v) is 3.51. The minimum atomic E-state index is 1.20. The van der Waals surface area contributed by atoms with E-state index in [-0.39, 0.29) is 0 Å². The molecule has 1 nitrogen and oxygen atoms in total. The van der Waals surface area contributed by atoms with E-state index < -0.39 is 0 Å². The lowest BCUT2D eigenvalue weighted by Crippen LogP contribution is -2.18. The predicted molar refractivity (Wildman–Crippen MR) is 65.1 cm³/mol. The van der Waals surface area contributed by atoms with Crippen LogP contribution >= 0.6 is 15.9 Å². The molecule has 14 heavy (non-hydrogen) atoms. The van der Waals surface area contributed by atoms with Crippen LogP contribution in [-0.4, -0.2) is 13.1 Å². The third kappa shape index (κ3) is 1.81. The Labute approximate surface area is 94.2 Å².